The molecule has 4 nitrogen and oxygen atoms in total. The Bertz CT molecular complexity index is 1040. The summed E-state index contributed by atoms with van der Waals surface area (Å²) >= 11 is 0. The maximum Gasteiger partial charge on any atom is 0.150 e. The molecule has 0 saturated heterocycles. The Balaban J connectivity index is 1.72. The van der Waals surface area contributed by atoms with Gasteiger partial charge in [-0.25, -0.2) is 4.98 Å². The molecule has 2 aromatic carbocycles. The monoisotopic (exact) mass is 340 g/mol. The summed E-state index contributed by atoms with van der Waals surface area (Å²) in [5.74, 6) is 0.694. The minimum absolute atomic E-state index is 0.107. The van der Waals surface area contributed by atoms with Crippen LogP contribution in [0.5, 0.6) is 0 Å². The third-order valence-electron chi connectivity index (χ3n) is 4.50. The fourth-order valence-electron chi connectivity index (χ4n) is 3.09. The number of anilines is 2. The molecule has 0 radical (unpaired) electrons. The van der Waals surface area contributed by atoms with E-state index in [2.05, 4.69) is 41.5 Å². The average Bonchev–Trinajstić information content (AvgIpc) is 2.70. The van der Waals surface area contributed by atoms with Crippen LogP contribution in [0.4, 0.5) is 11.5 Å². The third kappa shape index (κ3) is 3.09. The van der Waals surface area contributed by atoms with E-state index in [-0.39, 0.29) is 6.04 Å². The molecule has 0 bridgehead atoms. The molecule has 0 fully saturated rings. The van der Waals surface area contributed by atoms with E-state index in [1.54, 1.807) is 6.20 Å². The summed E-state index contributed by atoms with van der Waals surface area (Å²) in [5, 5.41) is 4.51. The Labute approximate surface area is 152 Å². The molecule has 26 heavy (non-hydrogen) atoms. The topological polar surface area (TPSA) is 63.8 Å². The van der Waals surface area contributed by atoms with E-state index < -0.39 is 0 Å². The molecule has 128 valence electrons. The largest absolute Gasteiger partial charge is 0.396 e. The predicted octanol–water partition coefficient (Wildman–Crippen LogP) is 5.05. The number of nitrogens with zero attached hydrogens (tertiary/aromatic N) is 2. The van der Waals surface area contributed by atoms with Crippen LogP contribution in [0.3, 0.4) is 0 Å². The number of fused-ring (bicyclic) bond motifs is 1. The number of benzene rings is 2. The number of aromatic nitrogens is 2. The van der Waals surface area contributed by atoms with Crippen molar-refractivity contribution >= 4 is 22.4 Å². The van der Waals surface area contributed by atoms with Crippen molar-refractivity contribution in [2.45, 2.75) is 13.0 Å². The molecule has 0 aliphatic rings. The second-order valence-corrected chi connectivity index (χ2v) is 6.29. The van der Waals surface area contributed by atoms with E-state index in [1.165, 1.54) is 5.56 Å². The lowest BCUT2D eigenvalue weighted by Crippen LogP contribution is -2.10. The Morgan fingerprint density at radius 3 is 2.58 bits per heavy atom. The van der Waals surface area contributed by atoms with Gasteiger partial charge in [-0.1, -0.05) is 48.5 Å². The average molecular weight is 340 g/mol. The molecular weight excluding hydrogens is 320 g/mol. The first-order valence-corrected chi connectivity index (χ1v) is 8.64. The summed E-state index contributed by atoms with van der Waals surface area (Å²) in [5.41, 5.74) is 10.9. The van der Waals surface area contributed by atoms with Crippen molar-refractivity contribution in [1.29, 1.82) is 0 Å². The van der Waals surface area contributed by atoms with Crippen LogP contribution in [0.1, 0.15) is 18.5 Å². The van der Waals surface area contributed by atoms with E-state index in [4.69, 9.17) is 10.7 Å². The smallest absolute Gasteiger partial charge is 0.150 e. The SMILES string of the molecule is CC(Nc1nc(-c2cccc3ncccc23)ccc1N)c1ccccc1. The standard InChI is InChI=1S/C22H20N4/c1-15(16-7-3-2-4-8-16)25-22-19(23)12-13-21(26-22)18-9-5-11-20-17(18)10-6-14-24-20/h2-15H,23H2,1H3,(H,25,26). The fourth-order valence-corrected chi connectivity index (χ4v) is 3.09. The Morgan fingerprint density at radius 1 is 0.885 bits per heavy atom. The van der Waals surface area contributed by atoms with Gasteiger partial charge in [-0.05, 0) is 36.8 Å². The maximum absolute atomic E-state index is 6.17. The van der Waals surface area contributed by atoms with Crippen LogP contribution in [-0.2, 0) is 0 Å². The molecule has 4 rings (SSSR count). The van der Waals surface area contributed by atoms with Gasteiger partial charge in [-0.15, -0.1) is 0 Å². The van der Waals surface area contributed by atoms with Gasteiger partial charge in [0.1, 0.15) is 5.82 Å². The van der Waals surface area contributed by atoms with Crippen molar-refractivity contribution in [2.24, 2.45) is 0 Å². The lowest BCUT2D eigenvalue weighted by Gasteiger charge is -2.17. The van der Waals surface area contributed by atoms with Gasteiger partial charge in [0, 0.05) is 17.1 Å². The third-order valence-corrected chi connectivity index (χ3v) is 4.50. The molecule has 0 aliphatic heterocycles. The van der Waals surface area contributed by atoms with Gasteiger partial charge in [0.2, 0.25) is 0 Å². The van der Waals surface area contributed by atoms with Crippen LogP contribution in [0.2, 0.25) is 0 Å². The molecule has 1 unspecified atom stereocenters. The normalized spacial score (nSPS) is 12.0. The number of pyridine rings is 2. The van der Waals surface area contributed by atoms with Gasteiger partial charge in [-0.2, -0.15) is 0 Å². The van der Waals surface area contributed by atoms with Crippen LogP contribution in [0, 0.1) is 0 Å². The van der Waals surface area contributed by atoms with Gasteiger partial charge in [0.15, 0.2) is 0 Å². The van der Waals surface area contributed by atoms with Crippen LogP contribution in [0.15, 0.2) is 79.0 Å². The highest BCUT2D eigenvalue weighted by molar-refractivity contribution is 5.94. The van der Waals surface area contributed by atoms with Crippen molar-refractivity contribution < 1.29 is 0 Å². The Kier molecular flexibility index (Phi) is 4.23. The first kappa shape index (κ1) is 16.1. The number of rotatable bonds is 4. The van der Waals surface area contributed by atoms with Crippen molar-refractivity contribution in [3.63, 3.8) is 0 Å². The highest BCUT2D eigenvalue weighted by atomic mass is 15.0. The number of hydrogen-bond acceptors (Lipinski definition) is 4. The van der Waals surface area contributed by atoms with Crippen molar-refractivity contribution in [3.8, 4) is 11.3 Å². The number of nitrogens with one attached hydrogen (secondary N) is 1. The first-order chi connectivity index (χ1) is 12.7. The molecule has 3 N–H and O–H groups in total. The van der Waals surface area contributed by atoms with Crippen LogP contribution in [-0.4, -0.2) is 9.97 Å². The van der Waals surface area contributed by atoms with E-state index in [0.29, 0.717) is 11.5 Å². The summed E-state index contributed by atoms with van der Waals surface area (Å²) in [6.45, 7) is 2.10. The highest BCUT2D eigenvalue weighted by Gasteiger charge is 2.11. The molecule has 2 aromatic heterocycles. The lowest BCUT2D eigenvalue weighted by atomic mass is 10.0. The zero-order chi connectivity index (χ0) is 17.9. The van der Waals surface area contributed by atoms with Crippen LogP contribution in [0.25, 0.3) is 22.2 Å². The van der Waals surface area contributed by atoms with Gasteiger partial charge in [0.25, 0.3) is 0 Å². The van der Waals surface area contributed by atoms with E-state index >= 15 is 0 Å². The van der Waals surface area contributed by atoms with Gasteiger partial charge in [-0.3, -0.25) is 4.98 Å². The zero-order valence-electron chi connectivity index (χ0n) is 14.6. The molecule has 0 spiro atoms. The van der Waals surface area contributed by atoms with Crippen molar-refractivity contribution in [3.05, 3.63) is 84.6 Å². The number of nitrogen functional groups attached to an aromatic ring is 1. The highest BCUT2D eigenvalue weighted by Crippen LogP contribution is 2.30. The number of nitrogens with two attached hydrogens (primary N) is 1. The quantitative estimate of drug-likeness (QED) is 0.545. The lowest BCUT2D eigenvalue weighted by molar-refractivity contribution is 0.876. The van der Waals surface area contributed by atoms with Crippen LogP contribution >= 0.6 is 0 Å². The summed E-state index contributed by atoms with van der Waals surface area (Å²) in [6, 6.07) is 24.3. The van der Waals surface area contributed by atoms with Crippen LogP contribution < -0.4 is 11.1 Å². The summed E-state index contributed by atoms with van der Waals surface area (Å²) < 4.78 is 0. The summed E-state index contributed by atoms with van der Waals surface area (Å²) in [6.07, 6.45) is 1.80. The second kappa shape index (κ2) is 6.84. The van der Waals surface area contributed by atoms with Crippen molar-refractivity contribution in [2.75, 3.05) is 11.1 Å². The molecule has 0 amide bonds. The maximum atomic E-state index is 6.17. The molecule has 2 heterocycles. The van der Waals surface area contributed by atoms with Crippen molar-refractivity contribution in [1.82, 2.24) is 9.97 Å². The zero-order valence-corrected chi connectivity index (χ0v) is 14.6. The summed E-state index contributed by atoms with van der Waals surface area (Å²) in [7, 11) is 0. The van der Waals surface area contributed by atoms with Gasteiger partial charge < -0.3 is 11.1 Å². The second-order valence-electron chi connectivity index (χ2n) is 6.29. The molecular formula is C22H20N4. The number of hydrogen-bond donors (Lipinski definition) is 2. The molecule has 4 aromatic rings. The van der Waals surface area contributed by atoms with E-state index in [1.807, 2.05) is 48.5 Å². The molecule has 1 atom stereocenters. The van der Waals surface area contributed by atoms with Gasteiger partial charge >= 0.3 is 0 Å². The molecule has 0 saturated carbocycles. The fraction of sp³-hybridized carbons (Fsp3) is 0.0909. The molecule has 4 heteroatoms. The predicted molar refractivity (Wildman–Crippen MR) is 108 cm³/mol. The first-order valence-electron chi connectivity index (χ1n) is 8.64. The Morgan fingerprint density at radius 2 is 1.73 bits per heavy atom. The summed E-state index contributed by atoms with van der Waals surface area (Å²) in [4.78, 5) is 9.22. The van der Waals surface area contributed by atoms with Gasteiger partial charge in [0.05, 0.1) is 22.9 Å². The molecule has 0 aliphatic carbocycles. The minimum Gasteiger partial charge on any atom is -0.396 e. The van der Waals surface area contributed by atoms with E-state index in [9.17, 15) is 0 Å². The van der Waals surface area contributed by atoms with E-state index in [0.717, 1.165) is 22.2 Å². The minimum atomic E-state index is 0.107. The Hall–Kier alpha value is -3.40.